The van der Waals surface area contributed by atoms with E-state index in [1.807, 2.05) is 20.8 Å². The normalized spacial score (nSPS) is 11.2. The summed E-state index contributed by atoms with van der Waals surface area (Å²) in [6.07, 6.45) is 0. The van der Waals surface area contributed by atoms with Crippen LogP contribution in [0.1, 0.15) is 26.3 Å². The highest BCUT2D eigenvalue weighted by atomic mass is 16.6. The van der Waals surface area contributed by atoms with Crippen molar-refractivity contribution < 1.29 is 9.85 Å². The second-order valence-corrected chi connectivity index (χ2v) is 4.69. The van der Waals surface area contributed by atoms with Crippen LogP contribution in [0.5, 0.6) is 0 Å². The van der Waals surface area contributed by atoms with Gasteiger partial charge in [-0.2, -0.15) is 0 Å². The second kappa shape index (κ2) is 4.00. The summed E-state index contributed by atoms with van der Waals surface area (Å²) < 4.78 is 0. The molecule has 0 aliphatic rings. The van der Waals surface area contributed by atoms with Gasteiger partial charge in [-0.15, -0.1) is 0 Å². The van der Waals surface area contributed by atoms with Crippen LogP contribution in [0.3, 0.4) is 0 Å². The van der Waals surface area contributed by atoms with E-state index in [0.717, 1.165) is 0 Å². The molecule has 0 saturated heterocycles. The van der Waals surface area contributed by atoms with Gasteiger partial charge in [-0.1, -0.05) is 20.8 Å². The lowest BCUT2D eigenvalue weighted by Crippen LogP contribution is -2.13. The molecule has 1 aromatic carbocycles. The highest BCUT2D eigenvalue weighted by Gasteiger charge is 2.27. The van der Waals surface area contributed by atoms with Gasteiger partial charge >= 0.3 is 0 Å². The number of hydrogen-bond donors (Lipinski definition) is 1. The molecule has 1 aromatic rings. The van der Waals surface area contributed by atoms with Crippen molar-refractivity contribution in [1.82, 2.24) is 0 Å². The summed E-state index contributed by atoms with van der Waals surface area (Å²) >= 11 is 0. The molecule has 0 unspecified atom stereocenters. The molecule has 7 heteroatoms. The van der Waals surface area contributed by atoms with Crippen LogP contribution >= 0.6 is 0 Å². The third kappa shape index (κ3) is 2.49. The van der Waals surface area contributed by atoms with E-state index in [4.69, 9.17) is 5.73 Å². The molecule has 92 valence electrons. The van der Waals surface area contributed by atoms with E-state index in [0.29, 0.717) is 5.56 Å². The third-order valence-electron chi connectivity index (χ3n) is 2.40. The van der Waals surface area contributed by atoms with Crippen LogP contribution in [0, 0.1) is 20.2 Å². The van der Waals surface area contributed by atoms with Gasteiger partial charge in [-0.05, 0) is 11.0 Å². The Kier molecular flexibility index (Phi) is 3.03. The summed E-state index contributed by atoms with van der Waals surface area (Å²) in [6.45, 7) is 5.43. The number of nitro benzene ring substituents is 2. The molecule has 1 rings (SSSR count). The summed E-state index contributed by atoms with van der Waals surface area (Å²) in [5.74, 6) is 0. The van der Waals surface area contributed by atoms with E-state index < -0.39 is 32.3 Å². The number of rotatable bonds is 2. The predicted octanol–water partition coefficient (Wildman–Crippen LogP) is 2.38. The van der Waals surface area contributed by atoms with Gasteiger partial charge in [0.15, 0.2) is 5.69 Å². The van der Waals surface area contributed by atoms with Gasteiger partial charge in [0.25, 0.3) is 11.4 Å². The first-order chi connectivity index (χ1) is 7.64. The zero-order chi connectivity index (χ0) is 13.4. The van der Waals surface area contributed by atoms with Crippen LogP contribution in [0.25, 0.3) is 0 Å². The molecule has 0 spiro atoms. The summed E-state index contributed by atoms with van der Waals surface area (Å²) in [5, 5.41) is 21.6. The molecular formula is C10H13N3O4. The van der Waals surface area contributed by atoms with E-state index in [1.165, 1.54) is 12.1 Å². The van der Waals surface area contributed by atoms with E-state index in [-0.39, 0.29) is 0 Å². The molecule has 7 nitrogen and oxygen atoms in total. The Labute approximate surface area is 97.5 Å². The zero-order valence-electron chi connectivity index (χ0n) is 9.76. The average Bonchev–Trinajstić information content (AvgIpc) is 2.14. The number of anilines is 1. The summed E-state index contributed by atoms with van der Waals surface area (Å²) in [4.78, 5) is 20.1. The van der Waals surface area contributed by atoms with Crippen LogP contribution < -0.4 is 5.73 Å². The van der Waals surface area contributed by atoms with Gasteiger partial charge in [0.2, 0.25) is 0 Å². The Bertz CT molecular complexity index is 456. The molecule has 0 amide bonds. The Morgan fingerprint density at radius 1 is 1.06 bits per heavy atom. The number of nitrogens with zero attached hydrogens (tertiary/aromatic N) is 2. The maximum absolute atomic E-state index is 10.8. The van der Waals surface area contributed by atoms with E-state index in [2.05, 4.69) is 0 Å². The van der Waals surface area contributed by atoms with E-state index in [9.17, 15) is 20.2 Å². The fourth-order valence-electron chi connectivity index (χ4n) is 1.36. The monoisotopic (exact) mass is 239 g/mol. The smallest absolute Gasteiger partial charge is 0.299 e. The molecule has 0 aliphatic heterocycles. The number of nitrogen functional groups attached to an aromatic ring is 1. The number of hydrogen-bond acceptors (Lipinski definition) is 5. The highest BCUT2D eigenvalue weighted by Crippen LogP contribution is 2.36. The largest absolute Gasteiger partial charge is 0.388 e. The van der Waals surface area contributed by atoms with Crippen molar-refractivity contribution in [2.75, 3.05) is 5.73 Å². The molecule has 0 atom stereocenters. The van der Waals surface area contributed by atoms with Crippen LogP contribution in [0.2, 0.25) is 0 Å². The molecule has 2 N–H and O–H groups in total. The minimum absolute atomic E-state index is 0.409. The molecule has 0 radical (unpaired) electrons. The van der Waals surface area contributed by atoms with Crippen LogP contribution in [-0.4, -0.2) is 9.85 Å². The van der Waals surface area contributed by atoms with Gasteiger partial charge in [-0.25, -0.2) is 0 Å². The Balaban J connectivity index is 3.59. The van der Waals surface area contributed by atoms with Gasteiger partial charge in [0.1, 0.15) is 0 Å². The first kappa shape index (κ1) is 12.9. The molecule has 0 aromatic heterocycles. The van der Waals surface area contributed by atoms with Crippen LogP contribution in [0.15, 0.2) is 12.1 Å². The molecule has 17 heavy (non-hydrogen) atoms. The lowest BCUT2D eigenvalue weighted by atomic mass is 9.86. The van der Waals surface area contributed by atoms with Crippen LogP contribution in [-0.2, 0) is 5.41 Å². The maximum Gasteiger partial charge on any atom is 0.299 e. The molecule has 0 aliphatic carbocycles. The molecule has 0 saturated carbocycles. The van der Waals surface area contributed by atoms with Crippen molar-refractivity contribution >= 4 is 17.1 Å². The SMILES string of the molecule is CC(C)(C)c1cc([N+](=O)[O-])c(N)c([N+](=O)[O-])c1. The van der Waals surface area contributed by atoms with Crippen LogP contribution in [0.4, 0.5) is 17.1 Å². The Hall–Kier alpha value is -2.18. The predicted molar refractivity (Wildman–Crippen MR) is 62.9 cm³/mol. The third-order valence-corrected chi connectivity index (χ3v) is 2.40. The molecular weight excluding hydrogens is 226 g/mol. The first-order valence-electron chi connectivity index (χ1n) is 4.87. The number of nitrogens with two attached hydrogens (primary N) is 1. The Morgan fingerprint density at radius 3 is 1.65 bits per heavy atom. The average molecular weight is 239 g/mol. The van der Waals surface area contributed by atoms with Crippen molar-refractivity contribution in [2.24, 2.45) is 0 Å². The van der Waals surface area contributed by atoms with Crippen molar-refractivity contribution in [1.29, 1.82) is 0 Å². The number of nitro groups is 2. The fraction of sp³-hybridized carbons (Fsp3) is 0.400. The van der Waals surface area contributed by atoms with Gasteiger partial charge in [0, 0.05) is 12.1 Å². The minimum atomic E-state index is -0.711. The summed E-state index contributed by atoms with van der Waals surface area (Å²) in [5.41, 5.74) is 4.23. The lowest BCUT2D eigenvalue weighted by molar-refractivity contribution is -0.392. The van der Waals surface area contributed by atoms with Gasteiger partial charge in [-0.3, -0.25) is 20.2 Å². The standard InChI is InChI=1S/C10H13N3O4/c1-10(2,3)6-4-7(12(14)15)9(11)8(5-6)13(16)17/h4-5H,11H2,1-3H3. The van der Waals surface area contributed by atoms with Crippen molar-refractivity contribution in [2.45, 2.75) is 26.2 Å². The van der Waals surface area contributed by atoms with Crippen molar-refractivity contribution in [3.8, 4) is 0 Å². The van der Waals surface area contributed by atoms with E-state index >= 15 is 0 Å². The topological polar surface area (TPSA) is 112 Å². The van der Waals surface area contributed by atoms with Gasteiger partial charge < -0.3 is 5.73 Å². The second-order valence-electron chi connectivity index (χ2n) is 4.69. The quantitative estimate of drug-likeness (QED) is 0.483. The van der Waals surface area contributed by atoms with Gasteiger partial charge in [0.05, 0.1) is 9.85 Å². The Morgan fingerprint density at radius 2 is 1.41 bits per heavy atom. The molecule has 0 bridgehead atoms. The zero-order valence-corrected chi connectivity index (χ0v) is 9.76. The fourth-order valence-corrected chi connectivity index (χ4v) is 1.36. The molecule has 0 heterocycles. The van der Waals surface area contributed by atoms with Crippen molar-refractivity contribution in [3.63, 3.8) is 0 Å². The van der Waals surface area contributed by atoms with E-state index in [1.54, 1.807) is 0 Å². The summed E-state index contributed by atoms with van der Waals surface area (Å²) in [7, 11) is 0. The number of benzene rings is 1. The highest BCUT2D eigenvalue weighted by molar-refractivity contribution is 5.72. The summed E-state index contributed by atoms with van der Waals surface area (Å²) in [6, 6.07) is 2.56. The first-order valence-corrected chi connectivity index (χ1v) is 4.87. The maximum atomic E-state index is 10.8. The minimum Gasteiger partial charge on any atom is -0.388 e. The van der Waals surface area contributed by atoms with Crippen molar-refractivity contribution in [3.05, 3.63) is 37.9 Å². The lowest BCUT2D eigenvalue weighted by Gasteiger charge is -2.18. The molecule has 0 fully saturated rings.